The lowest BCUT2D eigenvalue weighted by Crippen LogP contribution is -2.06. The molecule has 0 saturated heterocycles. The Morgan fingerprint density at radius 3 is 2.21 bits per heavy atom. The van der Waals surface area contributed by atoms with Gasteiger partial charge in [0.05, 0.1) is 0 Å². The van der Waals surface area contributed by atoms with E-state index >= 15 is 0 Å². The number of carbonyl (C=O) groups excluding carboxylic acids is 1. The first kappa shape index (κ1) is 10.6. The molecule has 0 aliphatic rings. The molecule has 5 heteroatoms. The first-order valence-electron chi connectivity index (χ1n) is 3.89. The fraction of sp³-hybridized carbons (Fsp3) is 0.222. The fourth-order valence-electron chi connectivity index (χ4n) is 0.795. The zero-order valence-corrected chi connectivity index (χ0v) is 7.31. The van der Waals surface area contributed by atoms with Crippen LogP contribution in [0.4, 0.5) is 13.2 Å². The lowest BCUT2D eigenvalue weighted by Gasteiger charge is -2.03. The molecule has 0 saturated carbocycles. The van der Waals surface area contributed by atoms with Gasteiger partial charge in [-0.3, -0.25) is 4.79 Å². The van der Waals surface area contributed by atoms with E-state index in [1.54, 1.807) is 0 Å². The molecule has 0 radical (unpaired) electrons. The van der Waals surface area contributed by atoms with Gasteiger partial charge in [-0.2, -0.15) is 0 Å². The van der Waals surface area contributed by atoms with E-state index < -0.39 is 23.4 Å². The normalized spacial score (nSPS) is 10.0. The first-order chi connectivity index (χ1) is 6.54. The van der Waals surface area contributed by atoms with Gasteiger partial charge >= 0.3 is 5.97 Å². The number of benzene rings is 1. The molecule has 1 aromatic rings. The molecule has 0 bridgehead atoms. The van der Waals surface area contributed by atoms with Crippen LogP contribution in [0.15, 0.2) is 12.1 Å². The second kappa shape index (κ2) is 4.13. The SMILES string of the molecule is CCC(=O)Oc1cc(F)c(F)c(F)c1. The van der Waals surface area contributed by atoms with E-state index in [1.165, 1.54) is 6.92 Å². The van der Waals surface area contributed by atoms with Crippen molar-refractivity contribution in [2.75, 3.05) is 0 Å². The highest BCUT2D eigenvalue weighted by Gasteiger charge is 2.12. The lowest BCUT2D eigenvalue weighted by atomic mass is 10.3. The number of ether oxygens (including phenoxy) is 1. The van der Waals surface area contributed by atoms with Crippen molar-refractivity contribution in [3.8, 4) is 5.75 Å². The molecule has 1 aromatic carbocycles. The molecule has 1 rings (SSSR count). The third-order valence-corrected chi connectivity index (χ3v) is 1.48. The van der Waals surface area contributed by atoms with Gasteiger partial charge in [-0.25, -0.2) is 13.2 Å². The summed E-state index contributed by atoms with van der Waals surface area (Å²) in [5.74, 6) is -5.34. The maximum absolute atomic E-state index is 12.6. The van der Waals surface area contributed by atoms with Gasteiger partial charge in [-0.15, -0.1) is 0 Å². The summed E-state index contributed by atoms with van der Waals surface area (Å²) in [5, 5.41) is 0. The molecule has 0 spiro atoms. The van der Waals surface area contributed by atoms with Crippen molar-refractivity contribution >= 4 is 5.97 Å². The maximum Gasteiger partial charge on any atom is 0.310 e. The Morgan fingerprint density at radius 1 is 1.29 bits per heavy atom. The third-order valence-electron chi connectivity index (χ3n) is 1.48. The monoisotopic (exact) mass is 204 g/mol. The Morgan fingerprint density at radius 2 is 1.79 bits per heavy atom. The van der Waals surface area contributed by atoms with Crippen LogP contribution < -0.4 is 4.74 Å². The molecular formula is C9H7F3O2. The Hall–Kier alpha value is -1.52. The van der Waals surface area contributed by atoms with Crippen LogP contribution in [0.1, 0.15) is 13.3 Å². The van der Waals surface area contributed by atoms with E-state index in [9.17, 15) is 18.0 Å². The minimum Gasteiger partial charge on any atom is -0.426 e. The molecule has 14 heavy (non-hydrogen) atoms. The summed E-state index contributed by atoms with van der Waals surface area (Å²) in [4.78, 5) is 10.7. The summed E-state index contributed by atoms with van der Waals surface area (Å²) in [5.41, 5.74) is 0. The molecule has 0 aromatic heterocycles. The zero-order chi connectivity index (χ0) is 10.7. The summed E-state index contributed by atoms with van der Waals surface area (Å²) in [6.45, 7) is 1.53. The van der Waals surface area contributed by atoms with E-state index in [-0.39, 0.29) is 12.2 Å². The zero-order valence-electron chi connectivity index (χ0n) is 7.31. The minimum atomic E-state index is -1.58. The number of hydrogen-bond acceptors (Lipinski definition) is 2. The molecule has 0 N–H and O–H groups in total. The van der Waals surface area contributed by atoms with Gasteiger partial charge in [-0.05, 0) is 0 Å². The largest absolute Gasteiger partial charge is 0.426 e. The fourth-order valence-corrected chi connectivity index (χ4v) is 0.795. The van der Waals surface area contributed by atoms with Gasteiger partial charge in [0.15, 0.2) is 17.5 Å². The minimum absolute atomic E-state index is 0.0701. The van der Waals surface area contributed by atoms with Crippen LogP contribution in [0.3, 0.4) is 0 Å². The molecule has 0 aliphatic carbocycles. The summed E-state index contributed by atoms with van der Waals surface area (Å²) >= 11 is 0. The predicted molar refractivity (Wildman–Crippen MR) is 42.2 cm³/mol. The van der Waals surface area contributed by atoms with Crippen LogP contribution in [0, 0.1) is 17.5 Å². The second-order valence-corrected chi connectivity index (χ2v) is 2.53. The molecule has 0 amide bonds. The molecule has 0 fully saturated rings. The molecule has 0 heterocycles. The molecule has 76 valence electrons. The van der Waals surface area contributed by atoms with Crippen molar-refractivity contribution in [3.63, 3.8) is 0 Å². The molecule has 0 atom stereocenters. The number of esters is 1. The Labute approximate surface area is 78.3 Å². The van der Waals surface area contributed by atoms with Gasteiger partial charge in [-0.1, -0.05) is 6.92 Å². The van der Waals surface area contributed by atoms with Gasteiger partial charge in [0.25, 0.3) is 0 Å². The van der Waals surface area contributed by atoms with E-state index in [4.69, 9.17) is 0 Å². The maximum atomic E-state index is 12.6. The van der Waals surface area contributed by atoms with E-state index in [2.05, 4.69) is 4.74 Å². The van der Waals surface area contributed by atoms with Crippen LogP contribution in [-0.4, -0.2) is 5.97 Å². The number of hydrogen-bond donors (Lipinski definition) is 0. The van der Waals surface area contributed by atoms with E-state index in [1.807, 2.05) is 0 Å². The summed E-state index contributed by atoms with van der Waals surface area (Å²) < 4.78 is 42.1. The predicted octanol–water partition coefficient (Wildman–Crippen LogP) is 2.42. The summed E-state index contributed by atoms with van der Waals surface area (Å²) in [7, 11) is 0. The van der Waals surface area contributed by atoms with Gasteiger partial charge in [0.1, 0.15) is 5.75 Å². The lowest BCUT2D eigenvalue weighted by molar-refractivity contribution is -0.134. The van der Waals surface area contributed by atoms with Crippen LogP contribution in [0.25, 0.3) is 0 Å². The Balaban J connectivity index is 2.95. The van der Waals surface area contributed by atoms with Crippen LogP contribution in [0.2, 0.25) is 0 Å². The van der Waals surface area contributed by atoms with Gasteiger partial charge in [0, 0.05) is 18.6 Å². The summed E-state index contributed by atoms with van der Waals surface area (Å²) in [6.07, 6.45) is 0.0701. The van der Waals surface area contributed by atoms with Crippen LogP contribution >= 0.6 is 0 Å². The van der Waals surface area contributed by atoms with E-state index in [0.717, 1.165) is 0 Å². The van der Waals surface area contributed by atoms with Crippen molar-refractivity contribution in [2.24, 2.45) is 0 Å². The summed E-state index contributed by atoms with van der Waals surface area (Å²) in [6, 6.07) is 1.23. The third kappa shape index (κ3) is 2.25. The quantitative estimate of drug-likeness (QED) is 0.420. The van der Waals surface area contributed by atoms with Crippen molar-refractivity contribution in [1.82, 2.24) is 0 Å². The van der Waals surface area contributed by atoms with Crippen LogP contribution in [0.5, 0.6) is 5.75 Å². The standard InChI is InChI=1S/C9H7F3O2/c1-2-8(13)14-5-3-6(10)9(12)7(11)4-5/h3-4H,2H2,1H3. The topological polar surface area (TPSA) is 26.3 Å². The number of rotatable bonds is 2. The van der Waals surface area contributed by atoms with Crippen molar-refractivity contribution in [3.05, 3.63) is 29.6 Å². The van der Waals surface area contributed by atoms with Crippen molar-refractivity contribution in [1.29, 1.82) is 0 Å². The smallest absolute Gasteiger partial charge is 0.310 e. The Bertz CT molecular complexity index is 340. The van der Waals surface area contributed by atoms with Crippen molar-refractivity contribution < 1.29 is 22.7 Å². The molecule has 0 unspecified atom stereocenters. The highest BCUT2D eigenvalue weighted by atomic mass is 19.2. The molecule has 2 nitrogen and oxygen atoms in total. The number of carbonyl (C=O) groups is 1. The molecular weight excluding hydrogens is 197 g/mol. The first-order valence-corrected chi connectivity index (χ1v) is 3.89. The second-order valence-electron chi connectivity index (χ2n) is 2.53. The number of halogens is 3. The highest BCUT2D eigenvalue weighted by molar-refractivity contribution is 5.71. The van der Waals surface area contributed by atoms with E-state index in [0.29, 0.717) is 12.1 Å². The van der Waals surface area contributed by atoms with Crippen LogP contribution in [-0.2, 0) is 4.79 Å². The average molecular weight is 204 g/mol. The van der Waals surface area contributed by atoms with Gasteiger partial charge < -0.3 is 4.74 Å². The molecule has 0 aliphatic heterocycles. The highest BCUT2D eigenvalue weighted by Crippen LogP contribution is 2.19. The average Bonchev–Trinajstić information content (AvgIpc) is 2.14. The van der Waals surface area contributed by atoms with Gasteiger partial charge in [0.2, 0.25) is 0 Å². The van der Waals surface area contributed by atoms with Crippen molar-refractivity contribution in [2.45, 2.75) is 13.3 Å². The Kier molecular flexibility index (Phi) is 3.11.